The molecule has 2 heterocycles. The third-order valence-electron chi connectivity index (χ3n) is 4.47. The van der Waals surface area contributed by atoms with E-state index in [1.807, 2.05) is 29.2 Å². The average Bonchev–Trinajstić information content (AvgIpc) is 3.05. The summed E-state index contributed by atoms with van der Waals surface area (Å²) in [7, 11) is 1.61. The van der Waals surface area contributed by atoms with Gasteiger partial charge in [0.25, 0.3) is 5.91 Å². The van der Waals surface area contributed by atoms with Crippen molar-refractivity contribution in [1.82, 2.24) is 20.1 Å². The zero-order valence-corrected chi connectivity index (χ0v) is 16.3. The molecule has 26 heavy (non-hydrogen) atoms. The molecule has 1 saturated heterocycles. The lowest BCUT2D eigenvalue weighted by Crippen LogP contribution is -2.51. The van der Waals surface area contributed by atoms with Crippen molar-refractivity contribution in [1.29, 1.82) is 0 Å². The van der Waals surface area contributed by atoms with Crippen LogP contribution in [0, 0.1) is 0 Å². The van der Waals surface area contributed by atoms with Gasteiger partial charge in [0.2, 0.25) is 5.91 Å². The summed E-state index contributed by atoms with van der Waals surface area (Å²) < 4.78 is 5.89. The van der Waals surface area contributed by atoms with E-state index in [1.54, 1.807) is 7.11 Å². The van der Waals surface area contributed by atoms with Gasteiger partial charge >= 0.3 is 0 Å². The van der Waals surface area contributed by atoms with Crippen LogP contribution in [0.25, 0.3) is 10.9 Å². The Balaban J connectivity index is 1.52. The topological polar surface area (TPSA) is 77.7 Å². The highest BCUT2D eigenvalue weighted by Crippen LogP contribution is 2.21. The number of carbonyl (C=O) groups is 2. The highest BCUT2D eigenvalue weighted by atomic mass is 79.9. The average molecular weight is 423 g/mol. The Morgan fingerprint density at radius 1 is 1.23 bits per heavy atom. The van der Waals surface area contributed by atoms with Gasteiger partial charge in [-0.15, -0.1) is 0 Å². The number of nitrogens with zero attached hydrogens (tertiary/aromatic N) is 2. The number of carbonyl (C=O) groups excluding carboxylic acids is 2. The lowest BCUT2D eigenvalue weighted by Gasteiger charge is -2.34. The first-order chi connectivity index (χ1) is 12.6. The van der Waals surface area contributed by atoms with Crippen molar-refractivity contribution in [2.24, 2.45) is 0 Å². The van der Waals surface area contributed by atoms with Crippen molar-refractivity contribution in [2.75, 3.05) is 53.0 Å². The first kappa shape index (κ1) is 18.9. The van der Waals surface area contributed by atoms with Gasteiger partial charge in [-0.25, -0.2) is 0 Å². The van der Waals surface area contributed by atoms with Crippen LogP contribution >= 0.6 is 15.9 Å². The fourth-order valence-electron chi connectivity index (χ4n) is 3.05. The summed E-state index contributed by atoms with van der Waals surface area (Å²) >= 11 is 3.44. The van der Waals surface area contributed by atoms with E-state index in [4.69, 9.17) is 4.74 Å². The number of H-pyrrole nitrogens is 1. The number of hydrogen-bond acceptors (Lipinski definition) is 4. The highest BCUT2D eigenvalue weighted by molar-refractivity contribution is 9.10. The second-order valence-corrected chi connectivity index (χ2v) is 7.24. The maximum absolute atomic E-state index is 12.7. The molecule has 0 spiro atoms. The van der Waals surface area contributed by atoms with Crippen LogP contribution in [-0.2, 0) is 9.53 Å². The minimum absolute atomic E-state index is 0.00141. The Bertz CT molecular complexity index is 784. The fourth-order valence-corrected chi connectivity index (χ4v) is 3.41. The van der Waals surface area contributed by atoms with Crippen molar-refractivity contribution in [3.63, 3.8) is 0 Å². The van der Waals surface area contributed by atoms with Gasteiger partial charge in [0.05, 0.1) is 13.2 Å². The first-order valence-electron chi connectivity index (χ1n) is 8.62. The number of ether oxygens (including phenoxy) is 1. The monoisotopic (exact) mass is 422 g/mol. The minimum Gasteiger partial charge on any atom is -0.383 e. The molecular formula is C18H23BrN4O3. The number of aromatic amines is 1. The Hall–Kier alpha value is -1.90. The molecule has 140 valence electrons. The molecule has 0 bridgehead atoms. The molecule has 0 radical (unpaired) electrons. The van der Waals surface area contributed by atoms with Crippen LogP contribution < -0.4 is 5.32 Å². The smallest absolute Gasteiger partial charge is 0.270 e. The SMILES string of the molecule is COCCNC(=O)CN1CCN(C(=O)c2cc3ccc(Br)cc3[nH]2)CC1. The van der Waals surface area contributed by atoms with Crippen LogP contribution in [0.2, 0.25) is 0 Å². The Morgan fingerprint density at radius 2 is 2.00 bits per heavy atom. The van der Waals surface area contributed by atoms with E-state index in [0.29, 0.717) is 51.6 Å². The summed E-state index contributed by atoms with van der Waals surface area (Å²) in [5.41, 5.74) is 1.54. The molecule has 0 aliphatic carbocycles. The molecule has 0 unspecified atom stereocenters. The van der Waals surface area contributed by atoms with Crippen LogP contribution in [0.4, 0.5) is 0 Å². The molecule has 7 nitrogen and oxygen atoms in total. The van der Waals surface area contributed by atoms with E-state index in [1.165, 1.54) is 0 Å². The fraction of sp³-hybridized carbons (Fsp3) is 0.444. The van der Waals surface area contributed by atoms with E-state index in [9.17, 15) is 9.59 Å². The standard InChI is InChI=1S/C18H23BrN4O3/c1-26-9-4-20-17(24)12-22-5-7-23(8-6-22)18(25)16-10-13-2-3-14(19)11-15(13)21-16/h2-3,10-11,21H,4-9,12H2,1H3,(H,20,24). The molecule has 3 rings (SSSR count). The molecule has 2 aromatic rings. The Kier molecular flexibility index (Phi) is 6.29. The normalized spacial score (nSPS) is 15.4. The summed E-state index contributed by atoms with van der Waals surface area (Å²) in [4.78, 5) is 31.7. The molecule has 2 N–H and O–H groups in total. The first-order valence-corrected chi connectivity index (χ1v) is 9.41. The molecular weight excluding hydrogens is 400 g/mol. The number of fused-ring (bicyclic) bond motifs is 1. The van der Waals surface area contributed by atoms with Gasteiger partial charge in [0, 0.05) is 55.2 Å². The predicted molar refractivity (Wildman–Crippen MR) is 103 cm³/mol. The van der Waals surface area contributed by atoms with Gasteiger partial charge in [0.1, 0.15) is 5.69 Å². The van der Waals surface area contributed by atoms with Gasteiger partial charge < -0.3 is 19.9 Å². The van der Waals surface area contributed by atoms with E-state index < -0.39 is 0 Å². The number of benzene rings is 1. The zero-order valence-electron chi connectivity index (χ0n) is 14.8. The van der Waals surface area contributed by atoms with Crippen molar-refractivity contribution < 1.29 is 14.3 Å². The summed E-state index contributed by atoms with van der Waals surface area (Å²) in [6.45, 7) is 3.99. The number of aromatic nitrogens is 1. The van der Waals surface area contributed by atoms with Gasteiger partial charge in [0.15, 0.2) is 0 Å². The van der Waals surface area contributed by atoms with Crippen LogP contribution in [-0.4, -0.2) is 79.6 Å². The zero-order chi connectivity index (χ0) is 18.5. The second kappa shape index (κ2) is 8.66. The predicted octanol–water partition coefficient (Wildman–Crippen LogP) is 1.45. The number of hydrogen-bond donors (Lipinski definition) is 2. The van der Waals surface area contributed by atoms with Crippen molar-refractivity contribution in [3.8, 4) is 0 Å². The van der Waals surface area contributed by atoms with Crippen LogP contribution in [0.5, 0.6) is 0 Å². The maximum atomic E-state index is 12.7. The number of piperazine rings is 1. The molecule has 8 heteroatoms. The summed E-state index contributed by atoms with van der Waals surface area (Å²) in [6, 6.07) is 7.79. The number of nitrogens with one attached hydrogen (secondary N) is 2. The summed E-state index contributed by atoms with van der Waals surface area (Å²) in [5.74, 6) is -0.00969. The lowest BCUT2D eigenvalue weighted by atomic mass is 10.2. The molecule has 1 fully saturated rings. The minimum atomic E-state index is -0.0111. The number of halogens is 1. The van der Waals surface area contributed by atoms with Gasteiger partial charge in [-0.2, -0.15) is 0 Å². The number of methoxy groups -OCH3 is 1. The van der Waals surface area contributed by atoms with Crippen LogP contribution in [0.15, 0.2) is 28.7 Å². The summed E-state index contributed by atoms with van der Waals surface area (Å²) in [6.07, 6.45) is 0. The maximum Gasteiger partial charge on any atom is 0.270 e. The molecule has 1 aromatic heterocycles. The van der Waals surface area contributed by atoms with Gasteiger partial charge in [-0.05, 0) is 18.2 Å². The van der Waals surface area contributed by atoms with Gasteiger partial charge in [-0.3, -0.25) is 14.5 Å². The molecule has 2 amide bonds. The van der Waals surface area contributed by atoms with Crippen molar-refractivity contribution in [3.05, 3.63) is 34.4 Å². The largest absolute Gasteiger partial charge is 0.383 e. The van der Waals surface area contributed by atoms with E-state index in [0.717, 1.165) is 15.4 Å². The van der Waals surface area contributed by atoms with Crippen molar-refractivity contribution in [2.45, 2.75) is 0 Å². The highest BCUT2D eigenvalue weighted by Gasteiger charge is 2.24. The van der Waals surface area contributed by atoms with E-state index >= 15 is 0 Å². The van der Waals surface area contributed by atoms with Crippen molar-refractivity contribution >= 4 is 38.6 Å². The number of amides is 2. The van der Waals surface area contributed by atoms with E-state index in [2.05, 4.69) is 31.1 Å². The second-order valence-electron chi connectivity index (χ2n) is 6.33. The Morgan fingerprint density at radius 3 is 2.73 bits per heavy atom. The van der Waals surface area contributed by atoms with Crippen LogP contribution in [0.1, 0.15) is 10.5 Å². The third-order valence-corrected chi connectivity index (χ3v) is 4.96. The molecule has 1 aromatic carbocycles. The molecule has 0 saturated carbocycles. The third kappa shape index (κ3) is 4.63. The van der Waals surface area contributed by atoms with Crippen LogP contribution in [0.3, 0.4) is 0 Å². The lowest BCUT2D eigenvalue weighted by molar-refractivity contribution is -0.122. The molecule has 0 atom stereocenters. The molecule has 1 aliphatic heterocycles. The quantitative estimate of drug-likeness (QED) is 0.690. The van der Waals surface area contributed by atoms with Gasteiger partial charge in [-0.1, -0.05) is 22.0 Å². The number of rotatable bonds is 6. The van der Waals surface area contributed by atoms with E-state index in [-0.39, 0.29) is 11.8 Å². The molecule has 1 aliphatic rings. The summed E-state index contributed by atoms with van der Waals surface area (Å²) in [5, 5.41) is 3.83. The Labute approximate surface area is 160 Å².